The first-order valence-electron chi connectivity index (χ1n) is 12.1. The van der Waals surface area contributed by atoms with Gasteiger partial charge in [0.1, 0.15) is 17.9 Å². The summed E-state index contributed by atoms with van der Waals surface area (Å²) in [5.41, 5.74) is 5.99. The fourth-order valence-electron chi connectivity index (χ4n) is 5.45. The number of amides is 4. The molecule has 198 valence electrons. The number of rotatable bonds is 11. The van der Waals surface area contributed by atoms with Crippen LogP contribution in [0.1, 0.15) is 43.5 Å². The van der Waals surface area contributed by atoms with Crippen LogP contribution >= 0.6 is 0 Å². The average Bonchev–Trinajstić information content (AvgIpc) is 3.10. The number of ether oxygens (including phenoxy) is 2. The molecule has 2 N–H and O–H groups in total. The van der Waals surface area contributed by atoms with Crippen LogP contribution in [0.25, 0.3) is 0 Å². The van der Waals surface area contributed by atoms with Crippen molar-refractivity contribution in [1.82, 2.24) is 9.88 Å². The van der Waals surface area contributed by atoms with E-state index in [4.69, 9.17) is 10.5 Å². The fourth-order valence-corrected chi connectivity index (χ4v) is 5.45. The summed E-state index contributed by atoms with van der Waals surface area (Å²) >= 11 is 0. The van der Waals surface area contributed by atoms with Crippen LogP contribution < -0.4 is 20.1 Å². The molecule has 1 aromatic carbocycles. The summed E-state index contributed by atoms with van der Waals surface area (Å²) in [4.78, 5) is 43.7. The molecule has 0 bridgehead atoms. The molecule has 1 saturated heterocycles. The monoisotopic (exact) mass is 516 g/mol. The molecule has 0 spiro atoms. The minimum Gasteiger partial charge on any atom is -0.477 e. The first-order chi connectivity index (χ1) is 17.5. The fraction of sp³-hybridized carbons (Fsp3) is 0.462. The van der Waals surface area contributed by atoms with Crippen LogP contribution in [0.3, 0.4) is 0 Å². The summed E-state index contributed by atoms with van der Waals surface area (Å²) in [5.74, 6) is -0.406. The third-order valence-electron chi connectivity index (χ3n) is 6.80. The lowest BCUT2D eigenvalue weighted by Gasteiger charge is -2.47. The van der Waals surface area contributed by atoms with Crippen LogP contribution in [0.2, 0.25) is 0 Å². The number of carbonyl (C=O) groups excluding carboxylic acids is 3. The normalized spacial score (nSPS) is 22.2. The lowest BCUT2D eigenvalue weighted by molar-refractivity contribution is -0.126. The first-order valence-corrected chi connectivity index (χ1v) is 12.1. The van der Waals surface area contributed by atoms with E-state index in [-0.39, 0.29) is 46.9 Å². The van der Waals surface area contributed by atoms with Crippen LogP contribution in [-0.2, 0) is 4.79 Å². The van der Waals surface area contributed by atoms with E-state index in [0.717, 1.165) is 19.3 Å². The number of pyridine rings is 1. The van der Waals surface area contributed by atoms with Gasteiger partial charge in [-0.2, -0.15) is 8.78 Å². The lowest BCUT2D eigenvalue weighted by Crippen LogP contribution is -2.45. The van der Waals surface area contributed by atoms with Gasteiger partial charge in [-0.1, -0.05) is 19.9 Å². The summed E-state index contributed by atoms with van der Waals surface area (Å²) in [6, 6.07) is 8.50. The molecule has 4 rings (SSSR count). The van der Waals surface area contributed by atoms with Gasteiger partial charge in [0.2, 0.25) is 5.88 Å². The van der Waals surface area contributed by atoms with Crippen LogP contribution in [-0.4, -0.2) is 54.0 Å². The third kappa shape index (κ3) is 6.15. The Balaban J connectivity index is 1.27. The molecule has 9 nitrogen and oxygen atoms in total. The quantitative estimate of drug-likeness (QED) is 0.450. The Morgan fingerprint density at radius 3 is 2.70 bits per heavy atom. The summed E-state index contributed by atoms with van der Waals surface area (Å²) < 4.78 is 35.2. The Labute approximate surface area is 213 Å². The van der Waals surface area contributed by atoms with Crippen LogP contribution in [0.5, 0.6) is 11.6 Å². The number of hydrogen-bond donors (Lipinski definition) is 1. The third-order valence-corrected chi connectivity index (χ3v) is 6.80. The highest BCUT2D eigenvalue weighted by atomic mass is 19.3. The van der Waals surface area contributed by atoms with Crippen LogP contribution in [0.15, 0.2) is 42.6 Å². The molecule has 1 saturated carbocycles. The number of imide groups is 1. The van der Waals surface area contributed by atoms with Gasteiger partial charge in [-0.25, -0.2) is 9.78 Å². The summed E-state index contributed by atoms with van der Waals surface area (Å²) in [5, 5.41) is 0. The maximum Gasteiger partial charge on any atom is 0.387 e. The van der Waals surface area contributed by atoms with Gasteiger partial charge < -0.3 is 15.2 Å². The highest BCUT2D eigenvalue weighted by molar-refractivity contribution is 6.12. The topological polar surface area (TPSA) is 115 Å². The molecule has 0 unspecified atom stereocenters. The van der Waals surface area contributed by atoms with Gasteiger partial charge >= 0.3 is 12.6 Å². The van der Waals surface area contributed by atoms with Gasteiger partial charge in [-0.15, -0.1) is 0 Å². The van der Waals surface area contributed by atoms with E-state index in [1.807, 2.05) is 0 Å². The van der Waals surface area contributed by atoms with Crippen LogP contribution in [0, 0.1) is 17.3 Å². The van der Waals surface area contributed by atoms with E-state index in [1.165, 1.54) is 28.0 Å². The van der Waals surface area contributed by atoms with Crippen LogP contribution in [0.4, 0.5) is 19.3 Å². The smallest absolute Gasteiger partial charge is 0.387 e. The molecular weight excluding hydrogens is 486 g/mol. The number of anilines is 1. The molecule has 2 aliphatic rings. The maximum absolute atomic E-state index is 12.9. The maximum atomic E-state index is 12.9. The second kappa shape index (κ2) is 10.7. The number of urea groups is 1. The molecule has 37 heavy (non-hydrogen) atoms. The standard InChI is InChI=1S/C26H30F2N4O5/c1-16(15-36-23-20(22(29)34)7-4-8-30-23)10-26(2)11-17(12-26)13-32-21(33)14-31(25(32)35)18-5-3-6-19(9-18)37-24(27)28/h3-9,16-17,24H,10-15H2,1-2H3,(H2,29,34)/t16-,17?,26?/m0/s1. The molecular formula is C26H30F2N4O5. The number of alkyl halides is 2. The van der Waals surface area contributed by atoms with E-state index >= 15 is 0 Å². The van der Waals surface area contributed by atoms with Crippen molar-refractivity contribution < 1.29 is 32.6 Å². The second-order valence-electron chi connectivity index (χ2n) is 10.2. The van der Waals surface area contributed by atoms with E-state index in [2.05, 4.69) is 23.6 Å². The number of nitrogens with two attached hydrogens (primary N) is 1. The highest BCUT2D eigenvalue weighted by Crippen LogP contribution is 2.50. The lowest BCUT2D eigenvalue weighted by atomic mass is 9.60. The predicted molar refractivity (Wildman–Crippen MR) is 130 cm³/mol. The van der Waals surface area contributed by atoms with Crippen molar-refractivity contribution in [3.8, 4) is 11.6 Å². The molecule has 1 aromatic heterocycles. The molecule has 2 aromatic rings. The molecule has 4 amide bonds. The number of halogens is 2. The summed E-state index contributed by atoms with van der Waals surface area (Å²) in [6.07, 6.45) is 4.11. The Hall–Kier alpha value is -3.76. The van der Waals surface area contributed by atoms with Crippen molar-refractivity contribution in [3.05, 3.63) is 48.2 Å². The minimum absolute atomic E-state index is 0.0382. The van der Waals surface area contributed by atoms with E-state index in [9.17, 15) is 23.2 Å². The van der Waals surface area contributed by atoms with E-state index in [0.29, 0.717) is 18.8 Å². The summed E-state index contributed by atoms with van der Waals surface area (Å²) in [7, 11) is 0. The minimum atomic E-state index is -2.98. The number of primary amides is 1. The highest BCUT2D eigenvalue weighted by Gasteiger charge is 2.45. The average molecular weight is 517 g/mol. The van der Waals surface area contributed by atoms with Gasteiger partial charge in [-0.3, -0.25) is 19.4 Å². The Kier molecular flexibility index (Phi) is 7.60. The van der Waals surface area contributed by atoms with E-state index < -0.39 is 18.5 Å². The Morgan fingerprint density at radius 2 is 2.00 bits per heavy atom. The van der Waals surface area contributed by atoms with E-state index in [1.54, 1.807) is 24.4 Å². The molecule has 11 heteroatoms. The molecule has 1 atom stereocenters. The SMILES string of the molecule is C[C@H](COc1ncccc1C(N)=O)CC1(C)CC(CN2C(=O)CN(c3cccc(OC(F)F)c3)C2=O)C1. The number of benzene rings is 1. The summed E-state index contributed by atoms with van der Waals surface area (Å²) in [6.45, 7) is 1.80. The number of hydrogen-bond acceptors (Lipinski definition) is 6. The number of carbonyl (C=O) groups is 3. The predicted octanol–water partition coefficient (Wildman–Crippen LogP) is 4.07. The van der Waals surface area contributed by atoms with Gasteiger partial charge in [0.15, 0.2) is 0 Å². The Morgan fingerprint density at radius 1 is 1.24 bits per heavy atom. The van der Waals surface area contributed by atoms with Crippen molar-refractivity contribution in [2.45, 2.75) is 39.7 Å². The number of aromatic nitrogens is 1. The molecule has 2 fully saturated rings. The van der Waals surface area contributed by atoms with Gasteiger partial charge in [0.05, 0.1) is 6.61 Å². The first kappa shape index (κ1) is 26.3. The van der Waals surface area contributed by atoms with Gasteiger partial charge in [0.25, 0.3) is 11.8 Å². The molecule has 0 radical (unpaired) electrons. The van der Waals surface area contributed by atoms with Gasteiger partial charge in [-0.05, 0) is 60.8 Å². The molecule has 2 heterocycles. The number of nitrogens with zero attached hydrogens (tertiary/aromatic N) is 3. The van der Waals surface area contributed by atoms with Crippen molar-refractivity contribution in [2.24, 2.45) is 23.0 Å². The largest absolute Gasteiger partial charge is 0.477 e. The van der Waals surface area contributed by atoms with Crippen molar-refractivity contribution in [2.75, 3.05) is 24.6 Å². The zero-order valence-electron chi connectivity index (χ0n) is 20.7. The molecule has 1 aliphatic carbocycles. The second-order valence-corrected chi connectivity index (χ2v) is 10.2. The van der Waals surface area contributed by atoms with Crippen molar-refractivity contribution >= 4 is 23.5 Å². The van der Waals surface area contributed by atoms with Crippen molar-refractivity contribution in [1.29, 1.82) is 0 Å². The zero-order chi connectivity index (χ0) is 26.7. The zero-order valence-corrected chi connectivity index (χ0v) is 20.7. The molecule has 1 aliphatic heterocycles. The van der Waals surface area contributed by atoms with Crippen molar-refractivity contribution in [3.63, 3.8) is 0 Å². The Bertz CT molecular complexity index is 1170. The van der Waals surface area contributed by atoms with Gasteiger partial charge in [0, 0.05) is 24.5 Å².